The second-order valence-corrected chi connectivity index (χ2v) is 17.2. The third-order valence-electron chi connectivity index (χ3n) is 8.81. The van der Waals surface area contributed by atoms with Crippen molar-refractivity contribution in [3.63, 3.8) is 0 Å². The van der Waals surface area contributed by atoms with Crippen molar-refractivity contribution in [2.24, 2.45) is 5.92 Å². The molecule has 0 radical (unpaired) electrons. The molecule has 2 heterocycles. The number of pyridine rings is 1. The summed E-state index contributed by atoms with van der Waals surface area (Å²) in [6, 6.07) is 30.8. The van der Waals surface area contributed by atoms with E-state index < -0.39 is 8.32 Å². The van der Waals surface area contributed by atoms with Crippen LogP contribution in [-0.4, -0.2) is 32.5 Å². The Balaban J connectivity index is 1.47. The zero-order valence-electron chi connectivity index (χ0n) is 23.6. The first-order valence-electron chi connectivity index (χ1n) is 14.1. The van der Waals surface area contributed by atoms with Crippen molar-refractivity contribution in [1.29, 1.82) is 0 Å². The van der Waals surface area contributed by atoms with Gasteiger partial charge in [-0.05, 0) is 78.2 Å². The number of benzene rings is 3. The van der Waals surface area contributed by atoms with E-state index in [1.807, 2.05) is 12.3 Å². The van der Waals surface area contributed by atoms with E-state index in [9.17, 15) is 0 Å². The molecule has 3 aromatic carbocycles. The van der Waals surface area contributed by atoms with Gasteiger partial charge in [-0.15, -0.1) is 0 Å². The monoisotopic (exact) mass is 522 g/mol. The SMILES string of the molecule is CC(C)(C)[Si](C)(C)OC1CNCCC1C(Cc1ccccc1)c1ccc(-c2cnc3ccccc3c2)cc1. The van der Waals surface area contributed by atoms with E-state index in [2.05, 4.69) is 123 Å². The molecule has 0 amide bonds. The van der Waals surface area contributed by atoms with Crippen molar-refractivity contribution < 1.29 is 4.43 Å². The zero-order chi connectivity index (χ0) is 26.8. The Morgan fingerprint density at radius 2 is 1.63 bits per heavy atom. The van der Waals surface area contributed by atoms with Crippen LogP contribution in [0, 0.1) is 5.92 Å². The van der Waals surface area contributed by atoms with E-state index >= 15 is 0 Å². The molecule has 1 aliphatic rings. The third-order valence-corrected chi connectivity index (χ3v) is 13.3. The van der Waals surface area contributed by atoms with Crippen LogP contribution < -0.4 is 5.32 Å². The van der Waals surface area contributed by atoms with Crippen LogP contribution in [0.5, 0.6) is 0 Å². The number of nitrogens with one attached hydrogen (secondary N) is 1. The van der Waals surface area contributed by atoms with Gasteiger partial charge in [0, 0.05) is 23.7 Å². The maximum Gasteiger partial charge on any atom is 0.192 e. The minimum Gasteiger partial charge on any atom is -0.412 e. The fraction of sp³-hybridized carbons (Fsp3) is 0.382. The van der Waals surface area contributed by atoms with Gasteiger partial charge >= 0.3 is 0 Å². The van der Waals surface area contributed by atoms with Gasteiger partial charge in [-0.1, -0.05) is 93.6 Å². The van der Waals surface area contributed by atoms with Crippen LogP contribution in [0.25, 0.3) is 22.0 Å². The van der Waals surface area contributed by atoms with Crippen molar-refractivity contribution in [1.82, 2.24) is 10.3 Å². The topological polar surface area (TPSA) is 34.1 Å². The third kappa shape index (κ3) is 5.93. The number of hydrogen-bond donors (Lipinski definition) is 1. The molecule has 1 aromatic heterocycles. The summed E-state index contributed by atoms with van der Waals surface area (Å²) in [6.07, 6.45) is 4.38. The zero-order valence-corrected chi connectivity index (χ0v) is 24.6. The fourth-order valence-electron chi connectivity index (χ4n) is 5.53. The van der Waals surface area contributed by atoms with E-state index in [1.54, 1.807) is 0 Å². The van der Waals surface area contributed by atoms with Crippen molar-refractivity contribution in [3.8, 4) is 11.1 Å². The fourth-order valence-corrected chi connectivity index (χ4v) is 6.90. The molecule has 198 valence electrons. The van der Waals surface area contributed by atoms with Gasteiger partial charge < -0.3 is 9.74 Å². The summed E-state index contributed by atoms with van der Waals surface area (Å²) in [5.41, 5.74) is 6.21. The number of aromatic nitrogens is 1. The molecule has 0 aliphatic carbocycles. The van der Waals surface area contributed by atoms with E-state index in [-0.39, 0.29) is 11.1 Å². The van der Waals surface area contributed by atoms with Gasteiger partial charge in [-0.3, -0.25) is 4.98 Å². The quantitative estimate of drug-likeness (QED) is 0.248. The van der Waals surface area contributed by atoms with Crippen LogP contribution in [0.4, 0.5) is 0 Å². The second-order valence-electron chi connectivity index (χ2n) is 12.4. The highest BCUT2D eigenvalue weighted by atomic mass is 28.4. The minimum atomic E-state index is -1.90. The van der Waals surface area contributed by atoms with Crippen molar-refractivity contribution in [3.05, 3.63) is 102 Å². The van der Waals surface area contributed by atoms with Gasteiger partial charge in [0.05, 0.1) is 11.6 Å². The van der Waals surface area contributed by atoms with Crippen LogP contribution in [0.1, 0.15) is 44.2 Å². The molecule has 0 saturated carbocycles. The van der Waals surface area contributed by atoms with E-state index in [0.717, 1.165) is 37.0 Å². The van der Waals surface area contributed by atoms with Crippen LogP contribution in [0.2, 0.25) is 18.1 Å². The first kappa shape index (κ1) is 26.8. The lowest BCUT2D eigenvalue weighted by Gasteiger charge is -2.45. The molecule has 1 saturated heterocycles. The number of nitrogens with zero attached hydrogens (tertiary/aromatic N) is 1. The van der Waals surface area contributed by atoms with Crippen LogP contribution in [0.3, 0.4) is 0 Å². The lowest BCUT2D eigenvalue weighted by molar-refractivity contribution is 0.0749. The molecular formula is C34H42N2OSi. The summed E-state index contributed by atoms with van der Waals surface area (Å²) in [5.74, 6) is 0.872. The average Bonchev–Trinajstić information content (AvgIpc) is 2.92. The van der Waals surface area contributed by atoms with Gasteiger partial charge in [0.1, 0.15) is 0 Å². The maximum absolute atomic E-state index is 7.10. The average molecular weight is 523 g/mol. The Kier molecular flexibility index (Phi) is 7.85. The molecule has 3 unspecified atom stereocenters. The molecule has 1 N–H and O–H groups in total. The highest BCUT2D eigenvalue weighted by Gasteiger charge is 2.43. The maximum atomic E-state index is 7.10. The van der Waals surface area contributed by atoms with E-state index in [1.165, 1.54) is 22.1 Å². The van der Waals surface area contributed by atoms with Gasteiger partial charge in [0.2, 0.25) is 0 Å². The molecule has 4 heteroatoms. The summed E-state index contributed by atoms with van der Waals surface area (Å²) >= 11 is 0. The lowest BCUT2D eigenvalue weighted by Crippen LogP contribution is -2.52. The summed E-state index contributed by atoms with van der Waals surface area (Å²) in [5, 5.41) is 5.02. The van der Waals surface area contributed by atoms with Crippen molar-refractivity contribution >= 4 is 19.2 Å². The summed E-state index contributed by atoms with van der Waals surface area (Å²) in [7, 11) is -1.90. The molecule has 0 spiro atoms. The van der Waals surface area contributed by atoms with Gasteiger partial charge in [-0.2, -0.15) is 0 Å². The van der Waals surface area contributed by atoms with Gasteiger partial charge in [0.25, 0.3) is 0 Å². The largest absolute Gasteiger partial charge is 0.412 e. The Morgan fingerprint density at radius 3 is 2.37 bits per heavy atom. The van der Waals surface area contributed by atoms with E-state index in [4.69, 9.17) is 4.43 Å². The smallest absolute Gasteiger partial charge is 0.192 e. The molecule has 1 aliphatic heterocycles. The Bertz CT molecular complexity index is 1340. The van der Waals surface area contributed by atoms with Crippen molar-refractivity contribution in [2.75, 3.05) is 13.1 Å². The second kappa shape index (κ2) is 11.1. The molecule has 0 bridgehead atoms. The highest BCUT2D eigenvalue weighted by Crippen LogP contribution is 2.42. The Labute approximate surface area is 229 Å². The number of rotatable bonds is 7. The minimum absolute atomic E-state index is 0.194. The first-order valence-corrected chi connectivity index (χ1v) is 17.0. The van der Waals surface area contributed by atoms with Crippen LogP contribution >= 0.6 is 0 Å². The first-order chi connectivity index (χ1) is 18.2. The van der Waals surface area contributed by atoms with Crippen LogP contribution in [-0.2, 0) is 10.8 Å². The number of para-hydroxylation sites is 1. The molecule has 4 aromatic rings. The lowest BCUT2D eigenvalue weighted by atomic mass is 9.75. The molecule has 5 rings (SSSR count). The van der Waals surface area contributed by atoms with Crippen molar-refractivity contribution in [2.45, 2.75) is 63.8 Å². The molecular weight excluding hydrogens is 480 g/mol. The predicted molar refractivity (Wildman–Crippen MR) is 163 cm³/mol. The van der Waals surface area contributed by atoms with Gasteiger partial charge in [-0.25, -0.2) is 0 Å². The van der Waals surface area contributed by atoms with Gasteiger partial charge in [0.15, 0.2) is 8.32 Å². The molecule has 3 nitrogen and oxygen atoms in total. The summed E-state index contributed by atoms with van der Waals surface area (Å²) in [4.78, 5) is 4.69. The predicted octanol–water partition coefficient (Wildman–Crippen LogP) is 8.23. The normalized spacial score (nSPS) is 19.4. The molecule has 38 heavy (non-hydrogen) atoms. The Hall–Kier alpha value is -2.79. The standard InChI is InChI=1S/C34H42N2OSi/c1-34(2,3)38(4,5)37-33-24-35-20-19-30(33)31(21-25-11-7-6-8-12-25)27-17-15-26(16-18-27)29-22-28-13-9-10-14-32(28)36-23-29/h6-18,22-23,30-31,33,35H,19-21,24H2,1-5H3. The number of piperidine rings is 1. The van der Waals surface area contributed by atoms with Crippen LogP contribution in [0.15, 0.2) is 91.1 Å². The number of fused-ring (bicyclic) bond motifs is 1. The Morgan fingerprint density at radius 1 is 0.921 bits per heavy atom. The number of hydrogen-bond acceptors (Lipinski definition) is 3. The summed E-state index contributed by atoms with van der Waals surface area (Å²) < 4.78 is 7.10. The summed E-state index contributed by atoms with van der Waals surface area (Å²) in [6.45, 7) is 13.8. The highest BCUT2D eigenvalue weighted by molar-refractivity contribution is 6.74. The molecule has 1 fully saturated rings. The molecule has 3 atom stereocenters. The van der Waals surface area contributed by atoms with E-state index in [0.29, 0.717) is 11.8 Å².